The maximum atomic E-state index is 14.4. The molecule has 0 radical (unpaired) electrons. The molecule has 2 unspecified atom stereocenters. The summed E-state index contributed by atoms with van der Waals surface area (Å²) in [5.41, 5.74) is -0.948. The van der Waals surface area contributed by atoms with Gasteiger partial charge in [-0.1, -0.05) is 11.6 Å². The molecule has 1 aliphatic heterocycles. The third kappa shape index (κ3) is 4.17. The number of carbonyl (C=O) groups excluding carboxylic acids is 1. The number of aliphatic hydroxyl groups excluding tert-OH is 1. The minimum atomic E-state index is -3.11. The van der Waals surface area contributed by atoms with Gasteiger partial charge in [0, 0.05) is 18.2 Å². The second kappa shape index (κ2) is 8.14. The van der Waals surface area contributed by atoms with E-state index in [9.17, 15) is 28.2 Å². The van der Waals surface area contributed by atoms with Crippen LogP contribution in [0.4, 0.5) is 19.0 Å². The predicted octanol–water partition coefficient (Wildman–Crippen LogP) is 2.84. The van der Waals surface area contributed by atoms with E-state index < -0.39 is 48.3 Å². The number of aromatic nitrogens is 3. The number of aromatic hydroxyl groups is 1. The van der Waals surface area contributed by atoms with Gasteiger partial charge >= 0.3 is 0 Å². The molecular weight excluding hydrogens is 451 g/mol. The molecule has 1 aliphatic rings. The number of amides is 1. The van der Waals surface area contributed by atoms with Crippen molar-refractivity contribution in [3.63, 3.8) is 0 Å². The van der Waals surface area contributed by atoms with Crippen molar-refractivity contribution in [3.05, 3.63) is 53.6 Å². The zero-order valence-corrected chi connectivity index (χ0v) is 17.5. The number of hydrogen-bond acceptors (Lipinski definition) is 6. The number of fused-ring (bicyclic) bond motifs is 1. The molecule has 3 N–H and O–H groups in total. The predicted molar refractivity (Wildman–Crippen MR) is 109 cm³/mol. The molecule has 3 heterocycles. The van der Waals surface area contributed by atoms with Crippen molar-refractivity contribution in [3.8, 4) is 5.75 Å². The van der Waals surface area contributed by atoms with Gasteiger partial charge in [0.05, 0.1) is 24.9 Å². The Morgan fingerprint density at radius 3 is 2.84 bits per heavy atom. The molecule has 8 nitrogen and oxygen atoms in total. The molecule has 0 aliphatic carbocycles. The maximum Gasteiger partial charge on any atom is 0.267 e. The van der Waals surface area contributed by atoms with Crippen LogP contribution in [0.5, 0.6) is 5.75 Å². The van der Waals surface area contributed by atoms with Gasteiger partial charge in [0.25, 0.3) is 11.8 Å². The van der Waals surface area contributed by atoms with E-state index in [1.54, 1.807) is 0 Å². The summed E-state index contributed by atoms with van der Waals surface area (Å²) in [6.07, 6.45) is 1.02. The molecule has 3 atom stereocenters. The summed E-state index contributed by atoms with van der Waals surface area (Å²) < 4.78 is 43.8. The van der Waals surface area contributed by atoms with E-state index >= 15 is 0 Å². The van der Waals surface area contributed by atoms with Gasteiger partial charge < -0.3 is 20.4 Å². The summed E-state index contributed by atoms with van der Waals surface area (Å²) in [5, 5.41) is 26.1. The van der Waals surface area contributed by atoms with E-state index in [0.29, 0.717) is 0 Å². The molecule has 1 aromatic carbocycles. The first-order chi connectivity index (χ1) is 15.1. The lowest BCUT2D eigenvalue weighted by Crippen LogP contribution is -2.37. The van der Waals surface area contributed by atoms with Gasteiger partial charge in [-0.05, 0) is 31.2 Å². The van der Waals surface area contributed by atoms with Crippen molar-refractivity contribution in [2.75, 3.05) is 11.4 Å². The molecule has 1 fully saturated rings. The van der Waals surface area contributed by atoms with E-state index in [-0.39, 0.29) is 28.3 Å². The Labute approximate surface area is 185 Å². The Hall–Kier alpha value is -3.05. The van der Waals surface area contributed by atoms with E-state index in [4.69, 9.17) is 11.6 Å². The van der Waals surface area contributed by atoms with Gasteiger partial charge in [-0.25, -0.2) is 22.7 Å². The van der Waals surface area contributed by atoms with E-state index in [0.717, 1.165) is 18.2 Å². The van der Waals surface area contributed by atoms with Crippen LogP contribution in [0.3, 0.4) is 0 Å². The van der Waals surface area contributed by atoms with E-state index in [1.165, 1.54) is 34.8 Å². The third-order valence-corrected chi connectivity index (χ3v) is 5.68. The van der Waals surface area contributed by atoms with Crippen molar-refractivity contribution >= 4 is 29.0 Å². The van der Waals surface area contributed by atoms with E-state index in [1.807, 2.05) is 0 Å². The van der Waals surface area contributed by atoms with Crippen LogP contribution in [0, 0.1) is 5.82 Å². The molecule has 2 aromatic heterocycles. The SMILES string of the molecule is CC(O)[C@H](Cl)NC(=O)c1cnn2ccc(N3CC(F)(F)CC3c3cc(F)ccc3O)nc12. The monoisotopic (exact) mass is 469 g/mol. The summed E-state index contributed by atoms with van der Waals surface area (Å²) >= 11 is 5.88. The van der Waals surface area contributed by atoms with Gasteiger partial charge in [0.2, 0.25) is 0 Å². The van der Waals surface area contributed by atoms with Crippen molar-refractivity contribution in [1.29, 1.82) is 0 Å². The van der Waals surface area contributed by atoms with Crippen LogP contribution in [0.15, 0.2) is 36.7 Å². The molecule has 32 heavy (non-hydrogen) atoms. The number of benzene rings is 1. The standard InChI is InChI=1S/C20H19ClF3N5O3/c1-10(30)17(21)27-19(32)13-8-25-29-5-4-16(26-18(13)29)28-9-20(23,24)7-14(28)12-6-11(22)2-3-15(12)31/h2-6,8,10,14,17,30-31H,7,9H2,1H3,(H,27,32)/t10?,14?,17-/m1/s1. The Bertz CT molecular complexity index is 1170. The fourth-order valence-corrected chi connectivity index (χ4v) is 3.73. The second-order valence-corrected chi connectivity index (χ2v) is 8.11. The quantitative estimate of drug-likeness (QED) is 0.392. The first kappa shape index (κ1) is 22.2. The molecule has 0 saturated carbocycles. The highest BCUT2D eigenvalue weighted by molar-refractivity contribution is 6.22. The molecular formula is C20H19ClF3N5O3. The highest BCUT2D eigenvalue weighted by Crippen LogP contribution is 2.45. The zero-order valence-electron chi connectivity index (χ0n) is 16.7. The highest BCUT2D eigenvalue weighted by Gasteiger charge is 2.47. The van der Waals surface area contributed by atoms with E-state index in [2.05, 4.69) is 15.4 Å². The lowest BCUT2D eigenvalue weighted by molar-refractivity contribution is 0.0222. The van der Waals surface area contributed by atoms with Crippen LogP contribution in [0.1, 0.15) is 35.3 Å². The lowest BCUT2D eigenvalue weighted by Gasteiger charge is -2.26. The molecule has 3 aromatic rings. The molecule has 12 heteroatoms. The van der Waals surface area contributed by atoms with Crippen molar-refractivity contribution in [1.82, 2.24) is 19.9 Å². The number of carbonyl (C=O) groups is 1. The minimum Gasteiger partial charge on any atom is -0.508 e. The van der Waals surface area contributed by atoms with Crippen LogP contribution < -0.4 is 10.2 Å². The third-order valence-electron chi connectivity index (χ3n) is 5.20. The first-order valence-corrected chi connectivity index (χ1v) is 10.1. The molecule has 1 saturated heterocycles. The van der Waals surface area contributed by atoms with Crippen molar-refractivity contribution < 1.29 is 28.2 Å². The Kier molecular flexibility index (Phi) is 5.63. The molecule has 0 bridgehead atoms. The van der Waals surface area contributed by atoms with Crippen molar-refractivity contribution in [2.45, 2.75) is 36.9 Å². The number of nitrogens with one attached hydrogen (secondary N) is 1. The normalized spacial score (nSPS) is 19.8. The van der Waals surface area contributed by atoms with Gasteiger partial charge in [-0.3, -0.25) is 4.79 Å². The zero-order chi connectivity index (χ0) is 23.2. The fraction of sp³-hybridized carbons (Fsp3) is 0.350. The lowest BCUT2D eigenvalue weighted by atomic mass is 10.0. The fourth-order valence-electron chi connectivity index (χ4n) is 3.63. The number of halogens is 4. The summed E-state index contributed by atoms with van der Waals surface area (Å²) in [7, 11) is 0. The minimum absolute atomic E-state index is 0.0113. The summed E-state index contributed by atoms with van der Waals surface area (Å²) in [6.45, 7) is 0.693. The average molecular weight is 470 g/mol. The number of hydrogen-bond donors (Lipinski definition) is 3. The average Bonchev–Trinajstić information content (AvgIpc) is 3.29. The maximum absolute atomic E-state index is 14.4. The van der Waals surface area contributed by atoms with Gasteiger partial charge in [-0.15, -0.1) is 0 Å². The number of nitrogens with zero attached hydrogens (tertiary/aromatic N) is 4. The number of rotatable bonds is 5. The van der Waals surface area contributed by atoms with Crippen LogP contribution in [0.25, 0.3) is 5.65 Å². The Morgan fingerprint density at radius 2 is 2.12 bits per heavy atom. The number of phenolic OH excluding ortho intramolecular Hbond substituents is 1. The van der Waals surface area contributed by atoms with Gasteiger partial charge in [0.1, 0.15) is 28.4 Å². The summed E-state index contributed by atoms with van der Waals surface area (Å²) in [6, 6.07) is 3.56. The van der Waals surface area contributed by atoms with Crippen LogP contribution in [-0.4, -0.2) is 54.8 Å². The molecule has 1 amide bonds. The van der Waals surface area contributed by atoms with Crippen LogP contribution in [-0.2, 0) is 0 Å². The number of alkyl halides is 3. The first-order valence-electron chi connectivity index (χ1n) is 9.66. The summed E-state index contributed by atoms with van der Waals surface area (Å²) in [5.74, 6) is -4.65. The smallest absolute Gasteiger partial charge is 0.267 e. The second-order valence-electron chi connectivity index (χ2n) is 7.63. The molecule has 0 spiro atoms. The molecule has 4 rings (SSSR count). The topological polar surface area (TPSA) is 103 Å². The van der Waals surface area contributed by atoms with Crippen LogP contribution in [0.2, 0.25) is 0 Å². The van der Waals surface area contributed by atoms with Crippen molar-refractivity contribution in [2.24, 2.45) is 0 Å². The highest BCUT2D eigenvalue weighted by atomic mass is 35.5. The number of phenols is 1. The van der Waals surface area contributed by atoms with Gasteiger partial charge in [0.15, 0.2) is 5.65 Å². The largest absolute Gasteiger partial charge is 0.508 e. The van der Waals surface area contributed by atoms with Crippen LogP contribution >= 0.6 is 11.6 Å². The number of anilines is 1. The Balaban J connectivity index is 1.73. The summed E-state index contributed by atoms with van der Waals surface area (Å²) in [4.78, 5) is 18.1. The molecule has 170 valence electrons. The van der Waals surface area contributed by atoms with Gasteiger partial charge in [-0.2, -0.15) is 5.10 Å². The number of aliphatic hydroxyl groups is 1. The Morgan fingerprint density at radius 1 is 1.38 bits per heavy atom.